The fourth-order valence-corrected chi connectivity index (χ4v) is 5.55. The van der Waals surface area contributed by atoms with Gasteiger partial charge in [-0.25, -0.2) is 19.0 Å². The van der Waals surface area contributed by atoms with E-state index < -0.39 is 0 Å². The van der Waals surface area contributed by atoms with Crippen LogP contribution in [0.1, 0.15) is 24.0 Å². The van der Waals surface area contributed by atoms with Crippen molar-refractivity contribution in [3.8, 4) is 5.69 Å². The summed E-state index contributed by atoms with van der Waals surface area (Å²) < 4.78 is 17.0. The number of rotatable bonds is 5. The van der Waals surface area contributed by atoms with Crippen molar-refractivity contribution in [2.24, 2.45) is 5.92 Å². The predicted octanol–water partition coefficient (Wildman–Crippen LogP) is 5.01. The van der Waals surface area contributed by atoms with E-state index in [9.17, 15) is 9.18 Å². The Bertz CT molecular complexity index is 1580. The number of hydrogen-bond donors (Lipinski definition) is 1. The van der Waals surface area contributed by atoms with Gasteiger partial charge in [0.05, 0.1) is 17.0 Å². The number of hydrogen-bond acceptors (Lipinski definition) is 6. The first-order valence-electron chi connectivity index (χ1n) is 12.0. The number of piperidine rings is 1. The van der Waals surface area contributed by atoms with E-state index in [2.05, 4.69) is 54.9 Å². The van der Waals surface area contributed by atoms with E-state index in [1.165, 1.54) is 22.5 Å². The topological polar surface area (TPSA) is 75.9 Å². The van der Waals surface area contributed by atoms with Crippen LogP contribution >= 0.6 is 11.3 Å². The first kappa shape index (κ1) is 22.6. The molecule has 1 fully saturated rings. The van der Waals surface area contributed by atoms with Crippen LogP contribution in [0.25, 0.3) is 26.8 Å². The molecule has 0 aliphatic carbocycles. The molecule has 0 bridgehead atoms. The lowest BCUT2D eigenvalue weighted by atomic mass is 9.97. The molecule has 0 saturated carbocycles. The van der Waals surface area contributed by atoms with Crippen molar-refractivity contribution in [1.82, 2.24) is 25.1 Å². The highest BCUT2D eigenvalue weighted by atomic mass is 32.1. The van der Waals surface area contributed by atoms with Crippen LogP contribution in [0.5, 0.6) is 0 Å². The number of carbonyl (C=O) groups excluding carboxylic acids is 1. The van der Waals surface area contributed by atoms with Crippen molar-refractivity contribution in [1.29, 1.82) is 0 Å². The number of benzene rings is 2. The first-order valence-corrected chi connectivity index (χ1v) is 12.9. The molecule has 1 N–H and O–H groups in total. The van der Waals surface area contributed by atoms with Crippen LogP contribution in [-0.4, -0.2) is 38.7 Å². The highest BCUT2D eigenvalue weighted by Crippen LogP contribution is 2.28. The molecule has 6 rings (SSSR count). The Hall–Kier alpha value is -3.85. The number of aromatic nitrogens is 4. The molecule has 1 aliphatic heterocycles. The molecule has 7 nitrogen and oxygen atoms in total. The molecule has 0 radical (unpaired) electrons. The van der Waals surface area contributed by atoms with Gasteiger partial charge in [-0.1, -0.05) is 12.1 Å². The zero-order valence-corrected chi connectivity index (χ0v) is 20.6. The van der Waals surface area contributed by atoms with Gasteiger partial charge in [0.25, 0.3) is 0 Å². The van der Waals surface area contributed by atoms with Gasteiger partial charge in [0.2, 0.25) is 5.91 Å². The fraction of sp³-hybridized carbons (Fsp3) is 0.259. The van der Waals surface area contributed by atoms with E-state index in [1.54, 1.807) is 29.0 Å². The summed E-state index contributed by atoms with van der Waals surface area (Å²) in [5, 5.41) is 11.7. The lowest BCUT2D eigenvalue weighted by Gasteiger charge is -2.33. The standard InChI is InChI=1S/C27H25FN6OS/c1-17-4-6-21(12-23(17)28)34-15-22-25(32-34)30-16-31-26(22)33-9-2-3-20(14-33)27(35)29-13-18-5-7-24-19(11-18)8-10-36-24/h4-8,10-12,15-16,20H,2-3,9,13-14H2,1H3,(H,29,35). The molecule has 1 unspecified atom stereocenters. The monoisotopic (exact) mass is 500 g/mol. The van der Waals surface area contributed by atoms with Crippen molar-refractivity contribution in [3.05, 3.63) is 77.3 Å². The molecule has 3 aromatic heterocycles. The summed E-state index contributed by atoms with van der Waals surface area (Å²) in [7, 11) is 0. The number of thiophene rings is 1. The minimum Gasteiger partial charge on any atom is -0.355 e. The molecule has 182 valence electrons. The van der Waals surface area contributed by atoms with Gasteiger partial charge in [0.15, 0.2) is 5.65 Å². The quantitative estimate of drug-likeness (QED) is 0.367. The van der Waals surface area contributed by atoms with Gasteiger partial charge in [-0.2, -0.15) is 0 Å². The minimum absolute atomic E-state index is 0.0567. The van der Waals surface area contributed by atoms with Gasteiger partial charge >= 0.3 is 0 Å². The average Bonchev–Trinajstić information content (AvgIpc) is 3.55. The van der Waals surface area contributed by atoms with E-state index in [-0.39, 0.29) is 17.6 Å². The lowest BCUT2D eigenvalue weighted by Crippen LogP contribution is -2.43. The molecule has 36 heavy (non-hydrogen) atoms. The van der Waals surface area contributed by atoms with Crippen molar-refractivity contribution in [2.45, 2.75) is 26.3 Å². The highest BCUT2D eigenvalue weighted by Gasteiger charge is 2.28. The smallest absolute Gasteiger partial charge is 0.225 e. The van der Waals surface area contributed by atoms with Gasteiger partial charge in [-0.15, -0.1) is 16.4 Å². The molecule has 1 aliphatic rings. The minimum atomic E-state index is -0.279. The van der Waals surface area contributed by atoms with Gasteiger partial charge in [0, 0.05) is 30.5 Å². The summed E-state index contributed by atoms with van der Waals surface area (Å²) in [6, 6.07) is 13.4. The molecule has 1 amide bonds. The molecule has 4 heterocycles. The SMILES string of the molecule is Cc1ccc(-n2cc3c(N4CCCC(C(=O)NCc5ccc6sccc6c5)C4)ncnc3n2)cc1F. The molecule has 9 heteroatoms. The Kier molecular flexibility index (Phi) is 5.85. The van der Waals surface area contributed by atoms with Gasteiger partial charge in [0.1, 0.15) is 18.0 Å². The average molecular weight is 501 g/mol. The summed E-state index contributed by atoms with van der Waals surface area (Å²) in [6.07, 6.45) is 5.05. The Morgan fingerprint density at radius 1 is 1.19 bits per heavy atom. The van der Waals surface area contributed by atoms with Crippen LogP contribution in [-0.2, 0) is 11.3 Å². The largest absolute Gasteiger partial charge is 0.355 e. The maximum atomic E-state index is 14.1. The zero-order valence-electron chi connectivity index (χ0n) is 19.8. The van der Waals surface area contributed by atoms with Gasteiger partial charge in [-0.05, 0) is 72.0 Å². The van der Waals surface area contributed by atoms with E-state index in [4.69, 9.17) is 0 Å². The molecular formula is C27H25FN6OS. The molecule has 1 saturated heterocycles. The molecule has 1 atom stereocenters. The molecule has 2 aromatic carbocycles. The van der Waals surface area contributed by atoms with Crippen LogP contribution in [0.3, 0.4) is 0 Å². The lowest BCUT2D eigenvalue weighted by molar-refractivity contribution is -0.125. The van der Waals surface area contributed by atoms with Crippen molar-refractivity contribution < 1.29 is 9.18 Å². The number of nitrogens with one attached hydrogen (secondary N) is 1. The highest BCUT2D eigenvalue weighted by molar-refractivity contribution is 7.17. The third-order valence-corrected chi connectivity index (χ3v) is 7.69. The Balaban J connectivity index is 1.19. The van der Waals surface area contributed by atoms with Crippen molar-refractivity contribution in [2.75, 3.05) is 18.0 Å². The number of aryl methyl sites for hydroxylation is 1. The molecular weight excluding hydrogens is 475 g/mol. The predicted molar refractivity (Wildman–Crippen MR) is 140 cm³/mol. The second kappa shape index (κ2) is 9.31. The van der Waals surface area contributed by atoms with E-state index in [0.29, 0.717) is 30.0 Å². The number of carbonyl (C=O) groups is 1. The third kappa shape index (κ3) is 4.30. The summed E-state index contributed by atoms with van der Waals surface area (Å²) in [6.45, 7) is 3.62. The second-order valence-corrected chi connectivity index (χ2v) is 10.2. The third-order valence-electron chi connectivity index (χ3n) is 6.79. The Morgan fingerprint density at radius 2 is 2.11 bits per heavy atom. The maximum absolute atomic E-state index is 14.1. The summed E-state index contributed by atoms with van der Waals surface area (Å²) in [4.78, 5) is 24.0. The number of fused-ring (bicyclic) bond motifs is 2. The van der Waals surface area contributed by atoms with Crippen molar-refractivity contribution >= 4 is 44.2 Å². The summed E-state index contributed by atoms with van der Waals surface area (Å²) >= 11 is 1.72. The Labute approximate surface area is 211 Å². The summed E-state index contributed by atoms with van der Waals surface area (Å²) in [5.41, 5.74) is 2.84. The molecule has 5 aromatic rings. The van der Waals surface area contributed by atoms with Crippen LogP contribution in [0.15, 0.2) is 60.4 Å². The normalized spacial score (nSPS) is 16.1. The van der Waals surface area contributed by atoms with Crippen molar-refractivity contribution in [3.63, 3.8) is 0 Å². The van der Waals surface area contributed by atoms with Crippen LogP contribution in [0.4, 0.5) is 10.2 Å². The van der Waals surface area contributed by atoms with Crippen LogP contribution in [0, 0.1) is 18.7 Å². The Morgan fingerprint density at radius 3 is 3.00 bits per heavy atom. The maximum Gasteiger partial charge on any atom is 0.225 e. The van der Waals surface area contributed by atoms with E-state index >= 15 is 0 Å². The second-order valence-electron chi connectivity index (χ2n) is 9.24. The number of anilines is 1. The van der Waals surface area contributed by atoms with Gasteiger partial charge in [-0.3, -0.25) is 4.79 Å². The number of amides is 1. The van der Waals surface area contributed by atoms with E-state index in [1.807, 2.05) is 12.3 Å². The zero-order chi connectivity index (χ0) is 24.6. The van der Waals surface area contributed by atoms with Gasteiger partial charge < -0.3 is 10.2 Å². The van der Waals surface area contributed by atoms with Crippen LogP contribution in [0.2, 0.25) is 0 Å². The number of nitrogens with zero attached hydrogens (tertiary/aromatic N) is 5. The number of halogens is 1. The van der Waals surface area contributed by atoms with E-state index in [0.717, 1.165) is 36.2 Å². The summed E-state index contributed by atoms with van der Waals surface area (Å²) in [5.74, 6) is 0.397. The fourth-order valence-electron chi connectivity index (χ4n) is 4.78. The first-order chi connectivity index (χ1) is 17.5. The van der Waals surface area contributed by atoms with Crippen LogP contribution < -0.4 is 10.2 Å². The molecule has 0 spiro atoms.